The Morgan fingerprint density at radius 2 is 1.88 bits per heavy atom. The maximum Gasteiger partial charge on any atom is 0.196 e. The van der Waals surface area contributed by atoms with E-state index < -0.39 is 0 Å². The van der Waals surface area contributed by atoms with Gasteiger partial charge in [-0.1, -0.05) is 0 Å². The first kappa shape index (κ1) is 19.9. The number of nitrogens with one attached hydrogen (secondary N) is 1. The highest BCUT2D eigenvalue weighted by molar-refractivity contribution is 5.81. The van der Waals surface area contributed by atoms with E-state index in [4.69, 9.17) is 14.4 Å². The van der Waals surface area contributed by atoms with Crippen LogP contribution in [0.2, 0.25) is 0 Å². The van der Waals surface area contributed by atoms with Crippen LogP contribution in [0.3, 0.4) is 0 Å². The predicted molar refractivity (Wildman–Crippen MR) is 121 cm³/mol. The summed E-state index contributed by atoms with van der Waals surface area (Å²) in [6.45, 7) is 4.84. The van der Waals surface area contributed by atoms with Crippen LogP contribution in [0.4, 0.5) is 0 Å². The number of phenolic OH excluding ortho intramolecular Hbond substituents is 1. The van der Waals surface area contributed by atoms with Gasteiger partial charge in [0.2, 0.25) is 0 Å². The van der Waals surface area contributed by atoms with Crippen LogP contribution < -0.4 is 15.3 Å². The lowest BCUT2D eigenvalue weighted by Crippen LogP contribution is -2.40. The second-order valence-electron chi connectivity index (χ2n) is 9.14. The minimum absolute atomic E-state index is 0.309. The number of aromatic hydroxyl groups is 1. The highest BCUT2D eigenvalue weighted by Gasteiger charge is 2.32. The molecule has 0 spiro atoms. The van der Waals surface area contributed by atoms with Crippen molar-refractivity contribution >= 4 is 10.9 Å². The summed E-state index contributed by atoms with van der Waals surface area (Å²) >= 11 is 0. The first-order valence-corrected chi connectivity index (χ1v) is 11.6. The summed E-state index contributed by atoms with van der Waals surface area (Å²) in [4.78, 5) is 13.6. The number of fused-ring (bicyclic) bond motifs is 3. The van der Waals surface area contributed by atoms with E-state index in [1.165, 1.54) is 11.1 Å². The number of ether oxygens (including phenoxy) is 1. The molecule has 3 aliphatic rings. The Morgan fingerprint density at radius 1 is 1.03 bits per heavy atom. The molecule has 2 N–H and O–H groups in total. The molecule has 0 aliphatic carbocycles. The van der Waals surface area contributed by atoms with Crippen molar-refractivity contribution in [2.45, 2.75) is 38.3 Å². The number of benzene rings is 2. The molecule has 32 heavy (non-hydrogen) atoms. The van der Waals surface area contributed by atoms with Gasteiger partial charge < -0.3 is 24.1 Å². The number of rotatable bonds is 5. The Kier molecular flexibility index (Phi) is 5.17. The molecule has 1 atom stereocenters. The summed E-state index contributed by atoms with van der Waals surface area (Å²) in [5, 5.41) is 10.9. The average Bonchev–Trinajstić information content (AvgIpc) is 3.43. The van der Waals surface area contributed by atoms with Crippen LogP contribution >= 0.6 is 0 Å². The molecule has 3 aromatic rings. The van der Waals surface area contributed by atoms with Gasteiger partial charge in [0.25, 0.3) is 0 Å². The molecule has 1 unspecified atom stereocenters. The van der Waals surface area contributed by atoms with Crippen LogP contribution in [0.1, 0.15) is 36.4 Å². The standard InChI is InChI=1S/C25H29N3O4/c29-20-1-2-22-19(13-20)4-8-27(22)10-5-23-21-15-25-24(31-26-32-25)14-18(21)3-9-28(23)16-17-6-11-30-12-7-17/h1-2,4,8,13-15,17,23,26,29H,3,5-7,9-12,16H2. The van der Waals surface area contributed by atoms with E-state index in [9.17, 15) is 5.11 Å². The molecule has 6 rings (SSSR count). The van der Waals surface area contributed by atoms with Gasteiger partial charge in [-0.05, 0) is 79.1 Å². The normalized spacial score (nSPS) is 21.2. The van der Waals surface area contributed by atoms with Gasteiger partial charge in [0.1, 0.15) is 5.75 Å². The lowest BCUT2D eigenvalue weighted by Gasteiger charge is -2.40. The maximum absolute atomic E-state index is 9.80. The summed E-state index contributed by atoms with van der Waals surface area (Å²) in [6, 6.07) is 12.3. The molecule has 0 radical (unpaired) electrons. The highest BCUT2D eigenvalue weighted by Crippen LogP contribution is 2.41. The van der Waals surface area contributed by atoms with E-state index >= 15 is 0 Å². The summed E-state index contributed by atoms with van der Waals surface area (Å²) in [6.07, 6.45) is 6.45. The SMILES string of the molecule is Oc1ccc2c(ccn2CCC2c3cc4c(cc3CCN2CC2CCOCC2)ONO4)c1. The molecule has 2 aromatic carbocycles. The van der Waals surface area contributed by atoms with E-state index in [-0.39, 0.29) is 0 Å². The number of hydrogen-bond donors (Lipinski definition) is 2. The smallest absolute Gasteiger partial charge is 0.196 e. The van der Waals surface area contributed by atoms with Crippen LogP contribution in [0.25, 0.3) is 10.9 Å². The summed E-state index contributed by atoms with van der Waals surface area (Å²) in [5.74, 6) is 2.54. The minimum atomic E-state index is 0.309. The lowest BCUT2D eigenvalue weighted by atomic mass is 9.88. The van der Waals surface area contributed by atoms with Crippen molar-refractivity contribution in [3.05, 3.63) is 53.7 Å². The first-order chi connectivity index (χ1) is 15.7. The van der Waals surface area contributed by atoms with Gasteiger partial charge in [0.15, 0.2) is 11.5 Å². The highest BCUT2D eigenvalue weighted by atomic mass is 16.9. The molecule has 3 aliphatic heterocycles. The Labute approximate surface area is 187 Å². The Balaban J connectivity index is 1.29. The molecule has 0 saturated carbocycles. The van der Waals surface area contributed by atoms with Crippen molar-refractivity contribution in [1.29, 1.82) is 0 Å². The molecule has 168 valence electrons. The lowest BCUT2D eigenvalue weighted by molar-refractivity contribution is 0.0259. The van der Waals surface area contributed by atoms with Gasteiger partial charge >= 0.3 is 0 Å². The van der Waals surface area contributed by atoms with E-state index in [1.54, 1.807) is 6.07 Å². The van der Waals surface area contributed by atoms with Crippen LogP contribution in [0.5, 0.6) is 17.2 Å². The third-order valence-electron chi connectivity index (χ3n) is 7.21. The Bertz CT molecular complexity index is 1120. The molecule has 4 heterocycles. The maximum atomic E-state index is 9.80. The van der Waals surface area contributed by atoms with Crippen molar-refractivity contribution in [3.63, 3.8) is 0 Å². The molecule has 0 bridgehead atoms. The van der Waals surface area contributed by atoms with E-state index in [1.807, 2.05) is 12.1 Å². The molecular weight excluding hydrogens is 406 g/mol. The summed E-state index contributed by atoms with van der Waals surface area (Å²) in [7, 11) is 0. The zero-order chi connectivity index (χ0) is 21.5. The number of nitrogens with zero attached hydrogens (tertiary/aromatic N) is 2. The van der Waals surface area contributed by atoms with Gasteiger partial charge in [0, 0.05) is 61.6 Å². The van der Waals surface area contributed by atoms with Gasteiger partial charge in [-0.3, -0.25) is 4.90 Å². The van der Waals surface area contributed by atoms with Gasteiger partial charge in [-0.25, -0.2) is 0 Å². The van der Waals surface area contributed by atoms with E-state index in [2.05, 4.69) is 39.5 Å². The number of phenols is 1. The molecular formula is C25H29N3O4. The fraction of sp³-hybridized carbons (Fsp3) is 0.440. The molecule has 7 heteroatoms. The molecule has 1 fully saturated rings. The molecule has 1 aromatic heterocycles. The van der Waals surface area contributed by atoms with Gasteiger partial charge in [-0.2, -0.15) is 0 Å². The topological polar surface area (TPSA) is 68.1 Å². The van der Waals surface area contributed by atoms with Crippen molar-refractivity contribution < 1.29 is 19.5 Å². The second kappa shape index (κ2) is 8.31. The van der Waals surface area contributed by atoms with Crippen molar-refractivity contribution in [1.82, 2.24) is 15.1 Å². The predicted octanol–water partition coefficient (Wildman–Crippen LogP) is 3.95. The second-order valence-corrected chi connectivity index (χ2v) is 9.14. The van der Waals surface area contributed by atoms with Gasteiger partial charge in [-0.15, -0.1) is 0 Å². The van der Waals surface area contributed by atoms with E-state index in [0.717, 1.165) is 80.9 Å². The summed E-state index contributed by atoms with van der Waals surface area (Å²) < 4.78 is 7.89. The molecule has 1 saturated heterocycles. The van der Waals surface area contributed by atoms with Crippen LogP contribution in [0, 0.1) is 5.92 Å². The summed E-state index contributed by atoms with van der Waals surface area (Å²) in [5.41, 5.74) is 6.39. The van der Waals surface area contributed by atoms with Crippen molar-refractivity contribution in [2.75, 3.05) is 26.3 Å². The fourth-order valence-electron chi connectivity index (χ4n) is 5.49. The van der Waals surface area contributed by atoms with Crippen molar-refractivity contribution in [2.24, 2.45) is 5.92 Å². The number of aryl methyl sites for hydroxylation is 1. The van der Waals surface area contributed by atoms with Gasteiger partial charge in [0.05, 0.1) is 0 Å². The fourth-order valence-corrected chi connectivity index (χ4v) is 5.49. The van der Waals surface area contributed by atoms with Crippen LogP contribution in [-0.2, 0) is 17.7 Å². The largest absolute Gasteiger partial charge is 0.508 e. The number of aromatic nitrogens is 1. The zero-order valence-corrected chi connectivity index (χ0v) is 18.1. The van der Waals surface area contributed by atoms with Crippen LogP contribution in [0.15, 0.2) is 42.6 Å². The molecule has 0 amide bonds. The monoisotopic (exact) mass is 435 g/mol. The Hall–Kier alpha value is -2.74. The minimum Gasteiger partial charge on any atom is -0.508 e. The van der Waals surface area contributed by atoms with Crippen LogP contribution in [-0.4, -0.2) is 40.9 Å². The van der Waals surface area contributed by atoms with Crippen molar-refractivity contribution in [3.8, 4) is 17.2 Å². The Morgan fingerprint density at radius 3 is 2.75 bits per heavy atom. The zero-order valence-electron chi connectivity index (χ0n) is 18.1. The average molecular weight is 436 g/mol. The quantitative estimate of drug-likeness (QED) is 0.633. The first-order valence-electron chi connectivity index (χ1n) is 11.6. The number of hydrogen-bond acceptors (Lipinski definition) is 6. The third-order valence-corrected chi connectivity index (χ3v) is 7.21. The third kappa shape index (κ3) is 3.70. The van der Waals surface area contributed by atoms with E-state index in [0.29, 0.717) is 17.7 Å². The molecule has 7 nitrogen and oxygen atoms in total.